The molecule has 1 saturated heterocycles. The van der Waals surface area contributed by atoms with Crippen molar-refractivity contribution in [1.29, 1.82) is 0 Å². The van der Waals surface area contributed by atoms with Crippen LogP contribution in [0.15, 0.2) is 78.9 Å². The van der Waals surface area contributed by atoms with Crippen LogP contribution >= 0.6 is 0 Å². The highest BCUT2D eigenvalue weighted by Crippen LogP contribution is 2.29. The molecule has 1 heterocycles. The molecule has 4 rings (SSSR count). The molecule has 0 N–H and O–H groups in total. The summed E-state index contributed by atoms with van der Waals surface area (Å²) in [4.78, 5) is 31.3. The Hall–Kier alpha value is -3.32. The van der Waals surface area contributed by atoms with Crippen molar-refractivity contribution in [2.24, 2.45) is 0 Å². The summed E-state index contributed by atoms with van der Waals surface area (Å²) < 4.78 is 5.43. The standard InChI is InChI=1S/C24H32N2O2.C10H13NO/c1-5-24(25(3)4,18-20-8-6-19(2)7-9-20)23(27)21-10-12-22(13-11-21)26-14-16-28-17-15-26;1-11(2)8-10(12)9-6-4-3-5-7-9/h6-13H,5,14-18H2,1-4H3;3-7H,8H2,1-2H3. The molecule has 0 radical (unpaired) electrons. The normalized spacial score (nSPS) is 14.8. The first-order valence-corrected chi connectivity index (χ1v) is 14.1. The van der Waals surface area contributed by atoms with Crippen molar-refractivity contribution in [2.75, 3.05) is 65.9 Å². The van der Waals surface area contributed by atoms with E-state index < -0.39 is 5.54 Å². The Morgan fingerprint density at radius 2 is 1.43 bits per heavy atom. The average molecular weight is 544 g/mol. The highest BCUT2D eigenvalue weighted by Gasteiger charge is 2.39. The summed E-state index contributed by atoms with van der Waals surface area (Å²) in [5, 5.41) is 0. The van der Waals surface area contributed by atoms with Crippen LogP contribution in [0, 0.1) is 6.92 Å². The molecule has 1 atom stereocenters. The molecule has 1 unspecified atom stereocenters. The quantitative estimate of drug-likeness (QED) is 0.319. The molecule has 0 aromatic heterocycles. The number of aryl methyl sites for hydroxylation is 1. The largest absolute Gasteiger partial charge is 0.378 e. The molecule has 0 bridgehead atoms. The van der Waals surface area contributed by atoms with Crippen LogP contribution in [-0.4, -0.2) is 87.9 Å². The predicted octanol–water partition coefficient (Wildman–Crippen LogP) is 5.40. The van der Waals surface area contributed by atoms with Crippen LogP contribution in [0.1, 0.15) is 45.2 Å². The molecule has 1 fully saturated rings. The lowest BCUT2D eigenvalue weighted by Gasteiger charge is -2.38. The van der Waals surface area contributed by atoms with E-state index in [1.807, 2.05) is 75.6 Å². The third-order valence-electron chi connectivity index (χ3n) is 7.54. The van der Waals surface area contributed by atoms with Gasteiger partial charge in [0, 0.05) is 29.9 Å². The minimum Gasteiger partial charge on any atom is -0.378 e. The van der Waals surface area contributed by atoms with E-state index in [2.05, 4.69) is 60.0 Å². The number of morpholine rings is 1. The molecule has 40 heavy (non-hydrogen) atoms. The third-order valence-corrected chi connectivity index (χ3v) is 7.54. The van der Waals surface area contributed by atoms with E-state index in [1.165, 1.54) is 11.1 Å². The Morgan fingerprint density at radius 1 is 0.825 bits per heavy atom. The van der Waals surface area contributed by atoms with E-state index in [4.69, 9.17) is 4.74 Å². The van der Waals surface area contributed by atoms with Gasteiger partial charge in [0.2, 0.25) is 0 Å². The number of ketones is 2. The highest BCUT2D eigenvalue weighted by molar-refractivity contribution is 6.03. The molecule has 0 amide bonds. The predicted molar refractivity (Wildman–Crippen MR) is 165 cm³/mol. The number of carbonyl (C=O) groups is 2. The Bertz CT molecular complexity index is 1200. The summed E-state index contributed by atoms with van der Waals surface area (Å²) in [7, 11) is 7.80. The molecule has 3 aromatic carbocycles. The summed E-state index contributed by atoms with van der Waals surface area (Å²) in [6, 6.07) is 26.0. The van der Waals surface area contributed by atoms with Crippen molar-refractivity contribution in [2.45, 2.75) is 32.2 Å². The van der Waals surface area contributed by atoms with E-state index in [0.29, 0.717) is 13.0 Å². The van der Waals surface area contributed by atoms with Gasteiger partial charge in [-0.15, -0.1) is 0 Å². The summed E-state index contributed by atoms with van der Waals surface area (Å²) >= 11 is 0. The SMILES string of the molecule is CCC(Cc1ccc(C)cc1)(C(=O)c1ccc(N2CCOCC2)cc1)N(C)C.CN(C)CC(=O)c1ccccc1. The first kappa shape index (κ1) is 31.2. The van der Waals surface area contributed by atoms with Gasteiger partial charge >= 0.3 is 0 Å². The number of benzene rings is 3. The number of Topliss-reactive ketones (excluding diaryl/α,β-unsaturated/α-hetero) is 2. The fraction of sp³-hybridized carbons (Fsp3) is 0.412. The van der Waals surface area contributed by atoms with Crippen molar-refractivity contribution >= 4 is 17.3 Å². The van der Waals surface area contributed by atoms with Crippen molar-refractivity contribution in [3.63, 3.8) is 0 Å². The van der Waals surface area contributed by atoms with Gasteiger partial charge in [-0.2, -0.15) is 0 Å². The van der Waals surface area contributed by atoms with Gasteiger partial charge in [0.1, 0.15) is 0 Å². The molecule has 3 aromatic rings. The molecule has 1 aliphatic heterocycles. The fourth-order valence-corrected chi connectivity index (χ4v) is 5.00. The maximum absolute atomic E-state index is 13.6. The maximum Gasteiger partial charge on any atom is 0.183 e. The first-order valence-electron chi connectivity index (χ1n) is 14.1. The van der Waals surface area contributed by atoms with E-state index >= 15 is 0 Å². The Kier molecular flexibility index (Phi) is 11.6. The Balaban J connectivity index is 0.000000307. The summed E-state index contributed by atoms with van der Waals surface area (Å²) in [5.74, 6) is 0.356. The van der Waals surface area contributed by atoms with Gasteiger partial charge in [0.05, 0.1) is 25.3 Å². The number of rotatable bonds is 10. The van der Waals surface area contributed by atoms with Crippen LogP contribution < -0.4 is 4.90 Å². The Labute approximate surface area is 240 Å². The highest BCUT2D eigenvalue weighted by atomic mass is 16.5. The second-order valence-corrected chi connectivity index (χ2v) is 10.9. The fourth-order valence-electron chi connectivity index (χ4n) is 5.00. The zero-order valence-corrected chi connectivity index (χ0v) is 25.0. The smallest absolute Gasteiger partial charge is 0.183 e. The lowest BCUT2D eigenvalue weighted by molar-refractivity contribution is 0.0666. The van der Waals surface area contributed by atoms with Crippen LogP contribution in [0.2, 0.25) is 0 Å². The number of carbonyl (C=O) groups excluding carboxylic acids is 2. The molecule has 6 nitrogen and oxygen atoms in total. The average Bonchev–Trinajstić information content (AvgIpc) is 2.97. The molecule has 0 spiro atoms. The molecular weight excluding hydrogens is 498 g/mol. The van der Waals surface area contributed by atoms with Crippen LogP contribution in [0.4, 0.5) is 5.69 Å². The van der Waals surface area contributed by atoms with Gasteiger partial charge in [0.25, 0.3) is 0 Å². The van der Waals surface area contributed by atoms with Crippen LogP contribution in [0.5, 0.6) is 0 Å². The van der Waals surface area contributed by atoms with Crippen LogP contribution in [-0.2, 0) is 11.2 Å². The van der Waals surface area contributed by atoms with Gasteiger partial charge < -0.3 is 14.5 Å². The molecule has 1 aliphatic rings. The van der Waals surface area contributed by atoms with Crippen LogP contribution in [0.3, 0.4) is 0 Å². The lowest BCUT2D eigenvalue weighted by atomic mass is 9.80. The molecule has 214 valence electrons. The second-order valence-electron chi connectivity index (χ2n) is 10.9. The monoisotopic (exact) mass is 543 g/mol. The van der Waals surface area contributed by atoms with E-state index in [1.54, 1.807) is 0 Å². The number of anilines is 1. The zero-order chi connectivity index (χ0) is 29.1. The number of nitrogens with zero attached hydrogens (tertiary/aromatic N) is 3. The summed E-state index contributed by atoms with van der Waals surface area (Å²) in [6.45, 7) is 7.99. The van der Waals surface area contributed by atoms with Crippen molar-refractivity contribution in [3.05, 3.63) is 101 Å². The first-order chi connectivity index (χ1) is 19.2. The molecule has 0 saturated carbocycles. The van der Waals surface area contributed by atoms with Crippen molar-refractivity contribution in [1.82, 2.24) is 9.80 Å². The van der Waals surface area contributed by atoms with Gasteiger partial charge in [-0.1, -0.05) is 67.1 Å². The minimum atomic E-state index is -0.546. The van der Waals surface area contributed by atoms with Crippen molar-refractivity contribution < 1.29 is 14.3 Å². The van der Waals surface area contributed by atoms with Gasteiger partial charge in [-0.05, 0) is 77.8 Å². The number of ether oxygens (including phenoxy) is 1. The molecule has 0 aliphatic carbocycles. The van der Waals surface area contributed by atoms with Gasteiger partial charge in [0.15, 0.2) is 11.6 Å². The second kappa shape index (κ2) is 14.9. The maximum atomic E-state index is 13.6. The topological polar surface area (TPSA) is 53.1 Å². The van der Waals surface area contributed by atoms with Gasteiger partial charge in [-0.25, -0.2) is 0 Å². The van der Waals surface area contributed by atoms with E-state index in [-0.39, 0.29) is 11.6 Å². The van der Waals surface area contributed by atoms with Gasteiger partial charge in [-0.3, -0.25) is 14.5 Å². The minimum absolute atomic E-state index is 0.167. The molecular formula is C34H45N3O3. The zero-order valence-electron chi connectivity index (χ0n) is 25.0. The van der Waals surface area contributed by atoms with E-state index in [0.717, 1.165) is 49.5 Å². The lowest BCUT2D eigenvalue weighted by Crippen LogP contribution is -2.52. The van der Waals surface area contributed by atoms with Crippen molar-refractivity contribution in [3.8, 4) is 0 Å². The van der Waals surface area contributed by atoms with Crippen LogP contribution in [0.25, 0.3) is 0 Å². The van der Waals surface area contributed by atoms with E-state index in [9.17, 15) is 9.59 Å². The molecule has 6 heteroatoms. The summed E-state index contributed by atoms with van der Waals surface area (Å²) in [6.07, 6.45) is 1.47. The summed E-state index contributed by atoms with van der Waals surface area (Å²) in [5.41, 5.74) is 4.60. The third kappa shape index (κ3) is 8.34. The number of hydrogen-bond acceptors (Lipinski definition) is 6. The number of hydrogen-bond donors (Lipinski definition) is 0. The Morgan fingerprint density at radius 3 is 1.95 bits per heavy atom. The number of likely N-dealkylation sites (N-methyl/N-ethyl adjacent to an activating group) is 2.